The van der Waals surface area contributed by atoms with Gasteiger partial charge in [-0.2, -0.15) is 0 Å². The lowest BCUT2D eigenvalue weighted by molar-refractivity contribution is -0.121. The number of ether oxygens (including phenoxy) is 1. The van der Waals surface area contributed by atoms with Gasteiger partial charge in [0, 0.05) is 30.6 Å². The van der Waals surface area contributed by atoms with Gasteiger partial charge in [0.1, 0.15) is 5.75 Å². The van der Waals surface area contributed by atoms with Crippen LogP contribution in [0.3, 0.4) is 0 Å². The summed E-state index contributed by atoms with van der Waals surface area (Å²) in [5.74, 6) is 0.909. The smallest absolute Gasteiger partial charge is 0.220 e. The van der Waals surface area contributed by atoms with E-state index in [9.17, 15) is 4.79 Å². The van der Waals surface area contributed by atoms with Gasteiger partial charge in [0.25, 0.3) is 0 Å². The van der Waals surface area contributed by atoms with Crippen LogP contribution in [-0.4, -0.2) is 43.1 Å². The Hall–Kier alpha value is -1.26. The predicted molar refractivity (Wildman–Crippen MR) is 96.3 cm³/mol. The summed E-state index contributed by atoms with van der Waals surface area (Å²) in [5, 5.41) is 3.67. The molecule has 0 bridgehead atoms. The Kier molecular flexibility index (Phi) is 9.03. The molecule has 1 aromatic carbocycles. The predicted octanol–water partition coefficient (Wildman–Crippen LogP) is 3.65. The number of hydrogen-bond donors (Lipinski definition) is 1. The quantitative estimate of drug-likeness (QED) is 0.661. The van der Waals surface area contributed by atoms with E-state index in [0.717, 1.165) is 24.4 Å². The normalized spacial score (nSPS) is 11.1. The van der Waals surface area contributed by atoms with Crippen molar-refractivity contribution in [2.45, 2.75) is 46.6 Å². The largest absolute Gasteiger partial charge is 0.493 e. The Morgan fingerprint density at radius 1 is 1.39 bits per heavy atom. The highest BCUT2D eigenvalue weighted by atomic mass is 35.5. The lowest BCUT2D eigenvalue weighted by atomic mass is 10.2. The van der Waals surface area contributed by atoms with Crippen molar-refractivity contribution in [3.63, 3.8) is 0 Å². The topological polar surface area (TPSA) is 41.6 Å². The molecule has 4 nitrogen and oxygen atoms in total. The fraction of sp³-hybridized carbons (Fsp3) is 0.611. The molecule has 0 radical (unpaired) electrons. The number of rotatable bonds is 10. The van der Waals surface area contributed by atoms with Gasteiger partial charge < -0.3 is 10.1 Å². The highest BCUT2D eigenvalue weighted by Gasteiger charge is 2.07. The summed E-state index contributed by atoms with van der Waals surface area (Å²) >= 11 is 5.91. The molecule has 1 rings (SSSR count). The van der Waals surface area contributed by atoms with Gasteiger partial charge in [-0.3, -0.25) is 9.69 Å². The zero-order valence-electron chi connectivity index (χ0n) is 14.7. The fourth-order valence-corrected chi connectivity index (χ4v) is 2.63. The van der Waals surface area contributed by atoms with Gasteiger partial charge in [-0.1, -0.05) is 18.5 Å². The van der Waals surface area contributed by atoms with E-state index < -0.39 is 0 Å². The third-order valence-corrected chi connectivity index (χ3v) is 4.04. The Labute approximate surface area is 145 Å². The maximum absolute atomic E-state index is 11.8. The van der Waals surface area contributed by atoms with Gasteiger partial charge >= 0.3 is 0 Å². The SMILES string of the molecule is CCN(CCNC(=O)CCCOc1ccc(Cl)cc1C)C(C)C. The van der Waals surface area contributed by atoms with E-state index in [1.807, 2.05) is 25.1 Å². The molecule has 0 aliphatic carbocycles. The third-order valence-electron chi connectivity index (χ3n) is 3.80. The molecule has 1 N–H and O–H groups in total. The second-order valence-corrected chi connectivity index (χ2v) is 6.37. The van der Waals surface area contributed by atoms with Crippen LogP contribution in [0.15, 0.2) is 18.2 Å². The maximum Gasteiger partial charge on any atom is 0.220 e. The van der Waals surface area contributed by atoms with E-state index in [2.05, 4.69) is 31.0 Å². The van der Waals surface area contributed by atoms with E-state index in [1.165, 1.54) is 0 Å². The van der Waals surface area contributed by atoms with Crippen LogP contribution in [0.2, 0.25) is 5.02 Å². The van der Waals surface area contributed by atoms with Crippen molar-refractivity contribution in [3.8, 4) is 5.75 Å². The molecular formula is C18H29ClN2O2. The Bertz CT molecular complexity index is 492. The van der Waals surface area contributed by atoms with Gasteiger partial charge in [0.2, 0.25) is 5.91 Å². The van der Waals surface area contributed by atoms with Crippen LogP contribution in [-0.2, 0) is 4.79 Å². The Balaban J connectivity index is 2.17. The first-order valence-electron chi connectivity index (χ1n) is 8.33. The molecule has 1 amide bonds. The van der Waals surface area contributed by atoms with Crippen molar-refractivity contribution in [2.75, 3.05) is 26.2 Å². The molecule has 0 heterocycles. The lowest BCUT2D eigenvalue weighted by Gasteiger charge is -2.24. The second kappa shape index (κ2) is 10.5. The average Bonchev–Trinajstić information content (AvgIpc) is 2.49. The first-order chi connectivity index (χ1) is 10.9. The van der Waals surface area contributed by atoms with E-state index in [0.29, 0.717) is 37.1 Å². The fourth-order valence-electron chi connectivity index (χ4n) is 2.40. The van der Waals surface area contributed by atoms with Crippen molar-refractivity contribution in [2.24, 2.45) is 0 Å². The summed E-state index contributed by atoms with van der Waals surface area (Å²) in [5.41, 5.74) is 1.01. The number of hydrogen-bond acceptors (Lipinski definition) is 3. The number of carbonyl (C=O) groups is 1. The molecule has 0 aliphatic heterocycles. The molecule has 0 fully saturated rings. The Morgan fingerprint density at radius 3 is 2.74 bits per heavy atom. The average molecular weight is 341 g/mol. The maximum atomic E-state index is 11.8. The number of likely N-dealkylation sites (N-methyl/N-ethyl adjacent to an activating group) is 1. The number of benzene rings is 1. The number of carbonyl (C=O) groups excluding carboxylic acids is 1. The summed E-state index contributed by atoms with van der Waals surface area (Å²) in [6.45, 7) is 11.6. The van der Waals surface area contributed by atoms with Crippen molar-refractivity contribution in [1.29, 1.82) is 0 Å². The molecule has 23 heavy (non-hydrogen) atoms. The third kappa shape index (κ3) is 7.71. The zero-order chi connectivity index (χ0) is 17.2. The summed E-state index contributed by atoms with van der Waals surface area (Å²) in [6.07, 6.45) is 1.19. The summed E-state index contributed by atoms with van der Waals surface area (Å²) < 4.78 is 5.69. The Morgan fingerprint density at radius 2 is 2.13 bits per heavy atom. The van der Waals surface area contributed by atoms with Crippen LogP contribution in [0.5, 0.6) is 5.75 Å². The second-order valence-electron chi connectivity index (χ2n) is 5.93. The van der Waals surface area contributed by atoms with E-state index in [-0.39, 0.29) is 5.91 Å². The van der Waals surface area contributed by atoms with E-state index >= 15 is 0 Å². The van der Waals surface area contributed by atoms with Gasteiger partial charge in [-0.15, -0.1) is 0 Å². The van der Waals surface area contributed by atoms with Crippen LogP contribution in [0.25, 0.3) is 0 Å². The standard InChI is InChI=1S/C18H29ClN2O2/c1-5-21(14(2)3)11-10-20-18(22)7-6-12-23-17-9-8-16(19)13-15(17)4/h8-9,13-14H,5-7,10-12H2,1-4H3,(H,20,22). The minimum absolute atomic E-state index is 0.0845. The summed E-state index contributed by atoms with van der Waals surface area (Å²) in [6, 6.07) is 6.05. The molecule has 0 atom stereocenters. The van der Waals surface area contributed by atoms with Gasteiger partial charge in [-0.05, 0) is 57.5 Å². The molecule has 0 saturated heterocycles. The number of amides is 1. The summed E-state index contributed by atoms with van der Waals surface area (Å²) in [7, 11) is 0. The minimum Gasteiger partial charge on any atom is -0.493 e. The molecule has 1 aromatic rings. The molecule has 130 valence electrons. The first-order valence-corrected chi connectivity index (χ1v) is 8.71. The van der Waals surface area contributed by atoms with Crippen molar-refractivity contribution < 1.29 is 9.53 Å². The first kappa shape index (κ1) is 19.8. The van der Waals surface area contributed by atoms with Crippen molar-refractivity contribution >= 4 is 17.5 Å². The van der Waals surface area contributed by atoms with Gasteiger partial charge in [0.15, 0.2) is 0 Å². The minimum atomic E-state index is 0.0845. The number of nitrogens with one attached hydrogen (secondary N) is 1. The molecule has 0 aromatic heterocycles. The lowest BCUT2D eigenvalue weighted by Crippen LogP contribution is -2.38. The molecule has 0 aliphatic rings. The van der Waals surface area contributed by atoms with Crippen LogP contribution in [0, 0.1) is 6.92 Å². The van der Waals surface area contributed by atoms with Gasteiger partial charge in [0.05, 0.1) is 6.61 Å². The van der Waals surface area contributed by atoms with Crippen LogP contribution in [0.1, 0.15) is 39.2 Å². The number of halogens is 1. The number of nitrogens with zero attached hydrogens (tertiary/aromatic N) is 1. The molecular weight excluding hydrogens is 312 g/mol. The van der Waals surface area contributed by atoms with Crippen molar-refractivity contribution in [3.05, 3.63) is 28.8 Å². The van der Waals surface area contributed by atoms with E-state index in [4.69, 9.17) is 16.3 Å². The molecule has 0 unspecified atom stereocenters. The molecule has 5 heteroatoms. The number of aryl methyl sites for hydroxylation is 1. The van der Waals surface area contributed by atoms with Crippen LogP contribution in [0.4, 0.5) is 0 Å². The van der Waals surface area contributed by atoms with Crippen LogP contribution < -0.4 is 10.1 Å². The monoisotopic (exact) mass is 340 g/mol. The molecule has 0 spiro atoms. The van der Waals surface area contributed by atoms with Gasteiger partial charge in [-0.25, -0.2) is 0 Å². The molecule has 0 saturated carbocycles. The highest BCUT2D eigenvalue weighted by Crippen LogP contribution is 2.21. The van der Waals surface area contributed by atoms with Crippen LogP contribution >= 0.6 is 11.6 Å². The summed E-state index contributed by atoms with van der Waals surface area (Å²) in [4.78, 5) is 14.1. The van der Waals surface area contributed by atoms with Crippen molar-refractivity contribution in [1.82, 2.24) is 10.2 Å². The highest BCUT2D eigenvalue weighted by molar-refractivity contribution is 6.30. The van der Waals surface area contributed by atoms with E-state index in [1.54, 1.807) is 0 Å². The zero-order valence-corrected chi connectivity index (χ0v) is 15.4.